The highest BCUT2D eigenvalue weighted by Gasteiger charge is 2.27. The number of carbonyl (C=O) groups excluding carboxylic acids is 1. The van der Waals surface area contributed by atoms with E-state index in [1.165, 1.54) is 0 Å². The first kappa shape index (κ1) is 19.7. The molecule has 0 radical (unpaired) electrons. The molecule has 3 aromatic carbocycles. The Balaban J connectivity index is 1.55. The van der Waals surface area contributed by atoms with Crippen molar-refractivity contribution < 1.29 is 13.2 Å². The summed E-state index contributed by atoms with van der Waals surface area (Å²) in [4.78, 5) is 12.9. The minimum Gasteiger partial charge on any atom is -0.324 e. The molecule has 5 rings (SSSR count). The molecule has 0 bridgehead atoms. The van der Waals surface area contributed by atoms with E-state index in [0.717, 1.165) is 31.3 Å². The molecule has 4 aromatic rings. The lowest BCUT2D eigenvalue weighted by Gasteiger charge is -2.21. The van der Waals surface area contributed by atoms with Crippen molar-refractivity contribution in [2.24, 2.45) is 5.92 Å². The minimum atomic E-state index is -3.88. The Morgan fingerprint density at radius 3 is 2.48 bits per heavy atom. The molecule has 31 heavy (non-hydrogen) atoms. The van der Waals surface area contributed by atoms with Gasteiger partial charge in [-0.15, -0.1) is 0 Å². The van der Waals surface area contributed by atoms with Crippen LogP contribution in [-0.4, -0.2) is 37.6 Å². The fourth-order valence-corrected chi connectivity index (χ4v) is 5.75. The van der Waals surface area contributed by atoms with Gasteiger partial charge in [0, 0.05) is 16.7 Å². The number of fused-ring (bicyclic) bond motifs is 2. The van der Waals surface area contributed by atoms with Gasteiger partial charge in [-0.3, -0.25) is 9.89 Å². The van der Waals surface area contributed by atoms with Crippen LogP contribution in [0.5, 0.6) is 0 Å². The molecule has 158 valence electrons. The summed E-state index contributed by atoms with van der Waals surface area (Å²) in [6.07, 6.45) is 1.57. The molecule has 0 spiro atoms. The van der Waals surface area contributed by atoms with E-state index in [9.17, 15) is 13.2 Å². The Labute approximate surface area is 179 Å². The van der Waals surface area contributed by atoms with E-state index in [-0.39, 0.29) is 21.7 Å². The maximum Gasteiger partial charge on any atom is 0.227 e. The fourth-order valence-electron chi connectivity index (χ4n) is 4.18. The molecule has 1 aliphatic heterocycles. The van der Waals surface area contributed by atoms with Gasteiger partial charge in [0.1, 0.15) is 0 Å². The lowest BCUT2D eigenvalue weighted by atomic mass is 9.97. The first-order chi connectivity index (χ1) is 15.1. The molecule has 2 heterocycles. The molecule has 1 aromatic heterocycles. The summed E-state index contributed by atoms with van der Waals surface area (Å²) in [6.45, 7) is 1.64. The van der Waals surface area contributed by atoms with Crippen LogP contribution in [0.15, 0.2) is 70.6 Å². The first-order valence-electron chi connectivity index (χ1n) is 10.3. The van der Waals surface area contributed by atoms with Crippen LogP contribution in [0.3, 0.4) is 0 Å². The Morgan fingerprint density at radius 1 is 0.935 bits per heavy atom. The van der Waals surface area contributed by atoms with E-state index < -0.39 is 9.84 Å². The van der Waals surface area contributed by atoms with Crippen LogP contribution < -0.4 is 10.6 Å². The SMILES string of the molecule is O=C(Nc1cccc2c(S(=O)(=O)c3cccc4ccccc34)n[nH]c12)C1CCNCC1. The predicted molar refractivity (Wildman–Crippen MR) is 120 cm³/mol. The number of sulfone groups is 1. The van der Waals surface area contributed by atoms with Crippen LogP contribution in [0.4, 0.5) is 5.69 Å². The normalized spacial score (nSPS) is 15.4. The Kier molecular flexibility index (Phi) is 4.95. The average molecular weight is 435 g/mol. The highest BCUT2D eigenvalue weighted by atomic mass is 32.2. The number of aromatic nitrogens is 2. The Hall–Kier alpha value is -3.23. The van der Waals surface area contributed by atoms with Crippen LogP contribution in [0.25, 0.3) is 21.7 Å². The molecular weight excluding hydrogens is 412 g/mol. The van der Waals surface area contributed by atoms with Crippen molar-refractivity contribution >= 4 is 43.1 Å². The highest BCUT2D eigenvalue weighted by Crippen LogP contribution is 2.33. The van der Waals surface area contributed by atoms with Crippen molar-refractivity contribution in [3.8, 4) is 0 Å². The maximum absolute atomic E-state index is 13.5. The number of piperidine rings is 1. The number of nitrogens with one attached hydrogen (secondary N) is 3. The Bertz CT molecular complexity index is 1380. The number of benzene rings is 3. The van der Waals surface area contributed by atoms with E-state index in [4.69, 9.17) is 0 Å². The number of aromatic amines is 1. The van der Waals surface area contributed by atoms with Gasteiger partial charge in [0.25, 0.3) is 0 Å². The van der Waals surface area contributed by atoms with Crippen molar-refractivity contribution in [1.29, 1.82) is 0 Å². The highest BCUT2D eigenvalue weighted by molar-refractivity contribution is 7.91. The zero-order valence-electron chi connectivity index (χ0n) is 16.8. The third-order valence-corrected chi connectivity index (χ3v) is 7.58. The fraction of sp³-hybridized carbons (Fsp3) is 0.217. The molecule has 0 aliphatic carbocycles. The summed E-state index contributed by atoms with van der Waals surface area (Å²) < 4.78 is 27.1. The van der Waals surface area contributed by atoms with Gasteiger partial charge < -0.3 is 10.6 Å². The van der Waals surface area contributed by atoms with Gasteiger partial charge in [0.05, 0.1) is 16.1 Å². The zero-order valence-corrected chi connectivity index (χ0v) is 17.6. The van der Waals surface area contributed by atoms with Gasteiger partial charge in [-0.25, -0.2) is 8.42 Å². The number of H-pyrrole nitrogens is 1. The largest absolute Gasteiger partial charge is 0.324 e. The number of hydrogen-bond donors (Lipinski definition) is 3. The average Bonchev–Trinajstić information content (AvgIpc) is 3.25. The van der Waals surface area contributed by atoms with E-state index in [2.05, 4.69) is 20.8 Å². The molecule has 1 fully saturated rings. The molecule has 0 unspecified atom stereocenters. The number of para-hydroxylation sites is 1. The summed E-state index contributed by atoms with van der Waals surface area (Å²) in [7, 11) is -3.88. The second-order valence-corrected chi connectivity index (χ2v) is 9.58. The second-order valence-electron chi connectivity index (χ2n) is 7.75. The smallest absolute Gasteiger partial charge is 0.227 e. The van der Waals surface area contributed by atoms with E-state index in [0.29, 0.717) is 22.0 Å². The molecule has 1 aliphatic rings. The summed E-state index contributed by atoms with van der Waals surface area (Å²) in [5, 5.41) is 15.1. The predicted octanol–water partition coefficient (Wildman–Crippen LogP) is 3.49. The Morgan fingerprint density at radius 2 is 1.65 bits per heavy atom. The summed E-state index contributed by atoms with van der Waals surface area (Å²) >= 11 is 0. The van der Waals surface area contributed by atoms with Gasteiger partial charge >= 0.3 is 0 Å². The molecule has 7 nitrogen and oxygen atoms in total. The number of anilines is 1. The summed E-state index contributed by atoms with van der Waals surface area (Å²) in [5.41, 5.74) is 1.04. The second kappa shape index (κ2) is 7.79. The standard InChI is InChI=1S/C23H22N4O3S/c28-22(16-11-13-24-14-12-16)25-19-9-4-8-18-21(19)26-27-23(18)31(29,30)20-10-3-6-15-5-1-2-7-17(15)20/h1-10,16,24H,11-14H2,(H,25,28)(H,26,27). The van der Waals surface area contributed by atoms with Gasteiger partial charge in [0.15, 0.2) is 5.03 Å². The lowest BCUT2D eigenvalue weighted by Crippen LogP contribution is -2.34. The number of carbonyl (C=O) groups is 1. The molecule has 3 N–H and O–H groups in total. The zero-order chi connectivity index (χ0) is 21.4. The van der Waals surface area contributed by atoms with Crippen LogP contribution in [0, 0.1) is 5.92 Å². The van der Waals surface area contributed by atoms with Crippen LogP contribution in [-0.2, 0) is 14.6 Å². The molecule has 1 saturated heterocycles. The van der Waals surface area contributed by atoms with Gasteiger partial charge in [-0.2, -0.15) is 5.10 Å². The van der Waals surface area contributed by atoms with Crippen LogP contribution in [0.1, 0.15) is 12.8 Å². The molecular formula is C23H22N4O3S. The molecule has 0 atom stereocenters. The topological polar surface area (TPSA) is 104 Å². The van der Waals surface area contributed by atoms with Crippen LogP contribution >= 0.6 is 0 Å². The van der Waals surface area contributed by atoms with Crippen LogP contribution in [0.2, 0.25) is 0 Å². The number of nitrogens with zero attached hydrogens (tertiary/aromatic N) is 1. The molecule has 0 saturated carbocycles. The number of hydrogen-bond acceptors (Lipinski definition) is 5. The lowest BCUT2D eigenvalue weighted by molar-refractivity contribution is -0.120. The van der Waals surface area contributed by atoms with Gasteiger partial charge in [-0.1, -0.05) is 42.5 Å². The maximum atomic E-state index is 13.5. The van der Waals surface area contributed by atoms with Crippen molar-refractivity contribution in [3.63, 3.8) is 0 Å². The summed E-state index contributed by atoms with van der Waals surface area (Å²) in [5.74, 6) is -0.111. The molecule has 1 amide bonds. The monoisotopic (exact) mass is 434 g/mol. The van der Waals surface area contributed by atoms with Crippen molar-refractivity contribution in [2.45, 2.75) is 22.8 Å². The van der Waals surface area contributed by atoms with Gasteiger partial charge in [-0.05, 0) is 49.5 Å². The van der Waals surface area contributed by atoms with Gasteiger partial charge in [0.2, 0.25) is 15.7 Å². The molecule has 8 heteroatoms. The summed E-state index contributed by atoms with van der Waals surface area (Å²) in [6, 6.07) is 17.8. The van der Waals surface area contributed by atoms with Crippen molar-refractivity contribution in [2.75, 3.05) is 18.4 Å². The minimum absolute atomic E-state index is 0.0446. The quantitative estimate of drug-likeness (QED) is 0.456. The van der Waals surface area contributed by atoms with E-state index >= 15 is 0 Å². The van der Waals surface area contributed by atoms with E-state index in [1.54, 1.807) is 36.4 Å². The van der Waals surface area contributed by atoms with Crippen molar-refractivity contribution in [3.05, 3.63) is 60.7 Å². The third-order valence-electron chi connectivity index (χ3n) is 5.83. The van der Waals surface area contributed by atoms with Crippen molar-refractivity contribution in [1.82, 2.24) is 15.5 Å². The third kappa shape index (κ3) is 3.47. The number of rotatable bonds is 4. The van der Waals surface area contributed by atoms with E-state index in [1.807, 2.05) is 24.3 Å². The first-order valence-corrected chi connectivity index (χ1v) is 11.8. The number of amides is 1.